The summed E-state index contributed by atoms with van der Waals surface area (Å²) in [4.78, 5) is 27.5. The van der Waals surface area contributed by atoms with E-state index in [9.17, 15) is 9.18 Å². The van der Waals surface area contributed by atoms with Crippen LogP contribution in [0.2, 0.25) is 5.02 Å². The second-order valence-electron chi connectivity index (χ2n) is 11.4. The van der Waals surface area contributed by atoms with Crippen LogP contribution in [0.5, 0.6) is 0 Å². The lowest BCUT2D eigenvalue weighted by molar-refractivity contribution is 0.0135. The molecule has 0 radical (unpaired) electrons. The number of aromatic nitrogens is 4. The fourth-order valence-corrected chi connectivity index (χ4v) is 6.36. The molecule has 3 fully saturated rings. The largest absolute Gasteiger partial charge is 0.333 e. The maximum Gasteiger partial charge on any atom is 0.257 e. The molecule has 3 aromatic rings. The van der Waals surface area contributed by atoms with E-state index in [0.717, 1.165) is 44.3 Å². The van der Waals surface area contributed by atoms with Crippen molar-refractivity contribution in [3.63, 3.8) is 0 Å². The molecule has 10 heteroatoms. The molecule has 3 aliphatic heterocycles. The van der Waals surface area contributed by atoms with Gasteiger partial charge in [-0.1, -0.05) is 81.9 Å². The molecular formula is C31H41ClFN7O. The van der Waals surface area contributed by atoms with Gasteiger partial charge in [-0.05, 0) is 25.0 Å². The van der Waals surface area contributed by atoms with Crippen LogP contribution in [-0.4, -0.2) is 61.0 Å². The SMILES string of the molecule is O=C(c1cccc(Cl)c1F)N1C[C@@H]2CCCCCCCCCCCC[C@H]1CN2Cc1cncc(Nc2cc[nH]n2)n1. The van der Waals surface area contributed by atoms with Gasteiger partial charge in [0.1, 0.15) is 5.82 Å². The molecule has 2 atom stereocenters. The summed E-state index contributed by atoms with van der Waals surface area (Å²) in [5, 5.41) is 10.1. The smallest absolute Gasteiger partial charge is 0.257 e. The van der Waals surface area contributed by atoms with Crippen LogP contribution in [0.3, 0.4) is 0 Å². The molecule has 1 aromatic carbocycles. The van der Waals surface area contributed by atoms with Crippen molar-refractivity contribution in [2.75, 3.05) is 18.4 Å². The molecule has 3 aliphatic rings. The van der Waals surface area contributed by atoms with Crippen LogP contribution in [0.1, 0.15) is 93.1 Å². The minimum Gasteiger partial charge on any atom is -0.333 e. The molecule has 6 rings (SSSR count). The van der Waals surface area contributed by atoms with Crippen LogP contribution in [0.15, 0.2) is 42.9 Å². The molecule has 0 unspecified atom stereocenters. The van der Waals surface area contributed by atoms with Gasteiger partial charge >= 0.3 is 0 Å². The first-order valence-corrected chi connectivity index (χ1v) is 15.5. The van der Waals surface area contributed by atoms with Gasteiger partial charge in [0.05, 0.1) is 22.5 Å². The Morgan fingerprint density at radius 3 is 2.34 bits per heavy atom. The highest BCUT2D eigenvalue weighted by atomic mass is 35.5. The van der Waals surface area contributed by atoms with Crippen LogP contribution in [-0.2, 0) is 6.54 Å². The Kier molecular flexibility index (Phi) is 10.6. The average molecular weight is 582 g/mol. The number of piperazine rings is 1. The van der Waals surface area contributed by atoms with Gasteiger partial charge in [-0.2, -0.15) is 5.10 Å². The number of hydrogen-bond donors (Lipinski definition) is 2. The van der Waals surface area contributed by atoms with Crippen LogP contribution in [0.25, 0.3) is 0 Å². The number of halogens is 2. The normalized spacial score (nSPS) is 21.6. The summed E-state index contributed by atoms with van der Waals surface area (Å²) in [6.07, 6.45) is 19.3. The number of carbonyl (C=O) groups excluding carboxylic acids is 1. The van der Waals surface area contributed by atoms with Crippen molar-refractivity contribution in [3.8, 4) is 0 Å². The number of H-pyrrole nitrogens is 1. The highest BCUT2D eigenvalue weighted by Crippen LogP contribution is 2.29. The maximum atomic E-state index is 15.0. The molecule has 2 N–H and O–H groups in total. The Morgan fingerprint density at radius 2 is 1.63 bits per heavy atom. The molecule has 0 saturated carbocycles. The van der Waals surface area contributed by atoms with E-state index in [1.807, 2.05) is 17.2 Å². The van der Waals surface area contributed by atoms with Gasteiger partial charge in [-0.25, -0.2) is 9.37 Å². The predicted molar refractivity (Wildman–Crippen MR) is 160 cm³/mol. The summed E-state index contributed by atoms with van der Waals surface area (Å²) in [6.45, 7) is 1.92. The number of benzene rings is 1. The number of aromatic amines is 1. The molecular weight excluding hydrogens is 541 g/mol. The zero-order valence-corrected chi connectivity index (χ0v) is 24.5. The highest BCUT2D eigenvalue weighted by Gasteiger charge is 2.37. The van der Waals surface area contributed by atoms with E-state index < -0.39 is 5.82 Å². The van der Waals surface area contributed by atoms with Crippen molar-refractivity contribution in [2.45, 2.75) is 95.7 Å². The van der Waals surface area contributed by atoms with Crippen molar-refractivity contribution >= 4 is 29.1 Å². The molecule has 2 bridgehead atoms. The van der Waals surface area contributed by atoms with Gasteiger partial charge in [-0.15, -0.1) is 0 Å². The van der Waals surface area contributed by atoms with Crippen molar-refractivity contribution in [1.29, 1.82) is 0 Å². The van der Waals surface area contributed by atoms with E-state index in [1.165, 1.54) is 51.0 Å². The quantitative estimate of drug-likeness (QED) is 0.333. The standard InChI is InChI=1S/C31H41ClFN7O/c32-27-15-11-14-26(30(27)33)31(41)40-22-24-12-9-7-5-3-1-2-4-6-8-10-13-25(40)21-39(24)20-23-18-34-19-29(36-23)37-28-16-17-35-38-28/h11,14-19,24-25H,1-10,12-13,20-22H2,(H2,35,36,37,38)/t24-,25-/m0/s1. The van der Waals surface area contributed by atoms with Crippen LogP contribution < -0.4 is 5.32 Å². The second-order valence-corrected chi connectivity index (χ2v) is 11.8. The summed E-state index contributed by atoms with van der Waals surface area (Å²) in [5.74, 6) is 0.437. The third-order valence-electron chi connectivity index (χ3n) is 8.38. The zero-order chi connectivity index (χ0) is 28.4. The number of fused-ring (bicyclic) bond motifs is 13. The van der Waals surface area contributed by atoms with Crippen LogP contribution in [0.4, 0.5) is 16.0 Å². The first-order chi connectivity index (χ1) is 20.1. The van der Waals surface area contributed by atoms with E-state index in [0.29, 0.717) is 24.7 Å². The second kappa shape index (κ2) is 14.7. The molecule has 1 amide bonds. The number of nitrogens with zero attached hydrogens (tertiary/aromatic N) is 5. The number of rotatable bonds is 5. The third kappa shape index (κ3) is 8.04. The van der Waals surface area contributed by atoms with E-state index in [2.05, 4.69) is 25.4 Å². The predicted octanol–water partition coefficient (Wildman–Crippen LogP) is 7.13. The van der Waals surface area contributed by atoms with Gasteiger partial charge in [0.25, 0.3) is 5.91 Å². The summed E-state index contributed by atoms with van der Waals surface area (Å²) in [7, 11) is 0. The number of amides is 1. The fraction of sp³-hybridized carbons (Fsp3) is 0.548. The first-order valence-electron chi connectivity index (χ1n) is 15.2. The van der Waals surface area contributed by atoms with Crippen LogP contribution in [0, 0.1) is 5.82 Å². The van der Waals surface area contributed by atoms with Gasteiger partial charge in [0, 0.05) is 50.2 Å². The van der Waals surface area contributed by atoms with Crippen molar-refractivity contribution in [3.05, 3.63) is 65.0 Å². The summed E-state index contributed by atoms with van der Waals surface area (Å²) in [5.41, 5.74) is 0.927. The fourth-order valence-electron chi connectivity index (χ4n) is 6.18. The summed E-state index contributed by atoms with van der Waals surface area (Å²) >= 11 is 6.08. The highest BCUT2D eigenvalue weighted by molar-refractivity contribution is 6.31. The molecule has 0 aliphatic carbocycles. The Bertz CT molecular complexity index is 1260. The number of anilines is 2. The Hall–Kier alpha value is -3.04. The Balaban J connectivity index is 1.38. The summed E-state index contributed by atoms with van der Waals surface area (Å²) < 4.78 is 15.0. The minimum absolute atomic E-state index is 0.0108. The molecule has 5 heterocycles. The third-order valence-corrected chi connectivity index (χ3v) is 8.68. The lowest BCUT2D eigenvalue weighted by Crippen LogP contribution is -2.59. The number of hydrogen-bond acceptors (Lipinski definition) is 6. The lowest BCUT2D eigenvalue weighted by atomic mass is 9.95. The lowest BCUT2D eigenvalue weighted by Gasteiger charge is -2.47. The van der Waals surface area contributed by atoms with E-state index in [1.54, 1.807) is 24.5 Å². The summed E-state index contributed by atoms with van der Waals surface area (Å²) in [6, 6.07) is 6.68. The molecule has 8 nitrogen and oxygen atoms in total. The molecule has 0 spiro atoms. The van der Waals surface area contributed by atoms with Crippen molar-refractivity contribution < 1.29 is 9.18 Å². The van der Waals surface area contributed by atoms with Gasteiger partial charge < -0.3 is 10.2 Å². The molecule has 2 aromatic heterocycles. The topological polar surface area (TPSA) is 90.0 Å². The number of nitrogens with one attached hydrogen (secondary N) is 2. The van der Waals surface area contributed by atoms with E-state index >= 15 is 0 Å². The van der Waals surface area contributed by atoms with Gasteiger partial charge in [-0.3, -0.25) is 19.8 Å². The Morgan fingerprint density at radius 1 is 0.927 bits per heavy atom. The average Bonchev–Trinajstić information content (AvgIpc) is 3.48. The van der Waals surface area contributed by atoms with Gasteiger partial charge in [0.15, 0.2) is 11.6 Å². The van der Waals surface area contributed by atoms with Crippen LogP contribution >= 0.6 is 11.6 Å². The van der Waals surface area contributed by atoms with Gasteiger partial charge in [0.2, 0.25) is 0 Å². The van der Waals surface area contributed by atoms with Crippen molar-refractivity contribution in [2.24, 2.45) is 0 Å². The maximum absolute atomic E-state index is 15.0. The number of carbonyl (C=O) groups is 1. The first kappa shape index (κ1) is 29.5. The molecule has 3 saturated heterocycles. The zero-order valence-electron chi connectivity index (χ0n) is 23.7. The monoisotopic (exact) mass is 581 g/mol. The van der Waals surface area contributed by atoms with E-state index in [4.69, 9.17) is 16.6 Å². The van der Waals surface area contributed by atoms with Crippen molar-refractivity contribution in [1.82, 2.24) is 30.0 Å². The molecule has 220 valence electrons. The Labute approximate surface area is 247 Å². The van der Waals surface area contributed by atoms with E-state index in [-0.39, 0.29) is 28.6 Å². The molecule has 41 heavy (non-hydrogen) atoms. The minimum atomic E-state index is -0.629.